The highest BCUT2D eigenvalue weighted by Gasteiger charge is 2.16. The van der Waals surface area contributed by atoms with Gasteiger partial charge in [-0.1, -0.05) is 23.2 Å². The van der Waals surface area contributed by atoms with Crippen molar-refractivity contribution in [3.8, 4) is 5.75 Å². The van der Waals surface area contributed by atoms with E-state index in [0.717, 1.165) is 6.07 Å². The van der Waals surface area contributed by atoms with E-state index in [9.17, 15) is 13.5 Å². The first-order valence-corrected chi connectivity index (χ1v) is 7.59. The molecule has 0 amide bonds. The number of benzene rings is 2. The Kier molecular flexibility index (Phi) is 3.99. The zero-order chi connectivity index (χ0) is 14.9. The lowest BCUT2D eigenvalue weighted by Crippen LogP contribution is -2.13. The van der Waals surface area contributed by atoms with Crippen molar-refractivity contribution in [1.29, 1.82) is 0 Å². The summed E-state index contributed by atoms with van der Waals surface area (Å²) in [7, 11) is -3.84. The minimum atomic E-state index is -3.84. The Bertz CT molecular complexity index is 743. The second-order valence-corrected chi connectivity index (χ2v) is 6.54. The summed E-state index contributed by atoms with van der Waals surface area (Å²) in [6.07, 6.45) is 0. The Hall–Kier alpha value is -1.63. The molecule has 20 heavy (non-hydrogen) atoms. The third-order valence-corrected chi connectivity index (χ3v) is 4.24. The summed E-state index contributed by atoms with van der Waals surface area (Å²) in [6, 6.07) is 7.93. The maximum atomic E-state index is 12.2. The van der Waals surface area contributed by atoms with Crippen molar-refractivity contribution in [2.24, 2.45) is 0 Å². The molecular formula is C12H10Cl2N2O3S. The van der Waals surface area contributed by atoms with Gasteiger partial charge in [0.1, 0.15) is 5.75 Å². The number of sulfonamides is 1. The van der Waals surface area contributed by atoms with Gasteiger partial charge in [-0.05, 0) is 36.4 Å². The van der Waals surface area contributed by atoms with Gasteiger partial charge in [-0.15, -0.1) is 0 Å². The van der Waals surface area contributed by atoms with Crippen LogP contribution in [0.3, 0.4) is 0 Å². The number of rotatable bonds is 3. The molecule has 8 heteroatoms. The average Bonchev–Trinajstić information content (AvgIpc) is 2.30. The van der Waals surface area contributed by atoms with Crippen LogP contribution in [0.1, 0.15) is 0 Å². The molecule has 0 spiro atoms. The molecule has 0 aliphatic heterocycles. The van der Waals surface area contributed by atoms with E-state index >= 15 is 0 Å². The van der Waals surface area contributed by atoms with Gasteiger partial charge in [0.2, 0.25) is 0 Å². The van der Waals surface area contributed by atoms with Crippen LogP contribution >= 0.6 is 23.2 Å². The van der Waals surface area contributed by atoms with Crippen LogP contribution in [0.25, 0.3) is 0 Å². The second kappa shape index (κ2) is 5.40. The molecule has 0 unspecified atom stereocenters. The molecule has 2 rings (SSSR count). The zero-order valence-electron chi connectivity index (χ0n) is 9.97. The number of nitrogens with one attached hydrogen (secondary N) is 1. The molecule has 0 radical (unpaired) electrons. The lowest BCUT2D eigenvalue weighted by Gasteiger charge is -2.10. The van der Waals surface area contributed by atoms with Gasteiger partial charge in [0.05, 0.1) is 16.3 Å². The molecule has 0 saturated heterocycles. The van der Waals surface area contributed by atoms with Gasteiger partial charge in [-0.2, -0.15) is 0 Å². The van der Waals surface area contributed by atoms with Crippen LogP contribution in [-0.4, -0.2) is 13.5 Å². The minimum absolute atomic E-state index is 0.0306. The van der Waals surface area contributed by atoms with Gasteiger partial charge >= 0.3 is 0 Å². The Morgan fingerprint density at radius 1 is 1.05 bits per heavy atom. The zero-order valence-corrected chi connectivity index (χ0v) is 12.3. The second-order valence-electron chi connectivity index (χ2n) is 3.98. The van der Waals surface area contributed by atoms with E-state index in [1.807, 2.05) is 0 Å². The van der Waals surface area contributed by atoms with Gasteiger partial charge in [0, 0.05) is 10.0 Å². The fourth-order valence-corrected chi connectivity index (χ4v) is 3.13. The molecule has 106 valence electrons. The van der Waals surface area contributed by atoms with Crippen LogP contribution in [0.5, 0.6) is 5.75 Å². The first-order valence-electron chi connectivity index (χ1n) is 5.35. The van der Waals surface area contributed by atoms with Crippen LogP contribution in [-0.2, 0) is 10.0 Å². The highest BCUT2D eigenvalue weighted by atomic mass is 35.5. The van der Waals surface area contributed by atoms with Gasteiger partial charge in [-0.25, -0.2) is 8.42 Å². The van der Waals surface area contributed by atoms with Crippen molar-refractivity contribution in [1.82, 2.24) is 0 Å². The predicted molar refractivity (Wildman–Crippen MR) is 79.8 cm³/mol. The van der Waals surface area contributed by atoms with Crippen molar-refractivity contribution in [2.45, 2.75) is 4.90 Å². The van der Waals surface area contributed by atoms with E-state index in [1.54, 1.807) is 0 Å². The van der Waals surface area contributed by atoms with Crippen molar-refractivity contribution in [3.05, 3.63) is 46.4 Å². The molecule has 0 bridgehead atoms. The number of phenols is 1. The average molecular weight is 333 g/mol. The summed E-state index contributed by atoms with van der Waals surface area (Å²) in [5, 5.41) is 9.91. The molecule has 0 fully saturated rings. The maximum Gasteiger partial charge on any atom is 0.261 e. The van der Waals surface area contributed by atoms with Crippen LogP contribution in [0.2, 0.25) is 10.0 Å². The van der Waals surface area contributed by atoms with Crippen LogP contribution in [0.4, 0.5) is 11.4 Å². The summed E-state index contributed by atoms with van der Waals surface area (Å²) < 4.78 is 26.6. The lowest BCUT2D eigenvalue weighted by molar-refractivity contribution is 0.477. The summed E-state index contributed by atoms with van der Waals surface area (Å²) in [6.45, 7) is 0. The van der Waals surface area contributed by atoms with E-state index in [-0.39, 0.29) is 22.0 Å². The summed E-state index contributed by atoms with van der Waals surface area (Å²) >= 11 is 11.6. The lowest BCUT2D eigenvalue weighted by atomic mass is 10.3. The van der Waals surface area contributed by atoms with E-state index in [4.69, 9.17) is 28.9 Å². The Morgan fingerprint density at radius 2 is 1.65 bits per heavy atom. The fraction of sp³-hybridized carbons (Fsp3) is 0. The van der Waals surface area contributed by atoms with Crippen molar-refractivity contribution in [2.75, 3.05) is 10.5 Å². The number of nitrogens with two attached hydrogens (primary N) is 1. The smallest absolute Gasteiger partial charge is 0.261 e. The number of hydrogen-bond donors (Lipinski definition) is 3. The minimum Gasteiger partial charge on any atom is -0.506 e. The van der Waals surface area contributed by atoms with Crippen molar-refractivity contribution in [3.63, 3.8) is 0 Å². The number of anilines is 2. The van der Waals surface area contributed by atoms with Gasteiger partial charge in [0.15, 0.2) is 0 Å². The van der Waals surface area contributed by atoms with Crippen molar-refractivity contribution >= 4 is 44.6 Å². The summed E-state index contributed by atoms with van der Waals surface area (Å²) in [5.41, 5.74) is 5.67. The van der Waals surface area contributed by atoms with Gasteiger partial charge in [0.25, 0.3) is 10.0 Å². The van der Waals surface area contributed by atoms with Crippen LogP contribution < -0.4 is 10.5 Å². The van der Waals surface area contributed by atoms with E-state index in [0.29, 0.717) is 10.0 Å². The third kappa shape index (κ3) is 3.27. The number of hydrogen-bond acceptors (Lipinski definition) is 4. The summed E-state index contributed by atoms with van der Waals surface area (Å²) in [4.78, 5) is -0.0797. The standard InChI is InChI=1S/C12H10Cl2N2O3S/c13-7-3-8(14)5-9(4-7)16-20(18,19)10-1-2-12(17)11(15)6-10/h1-6,16-17H,15H2. The molecule has 0 aliphatic rings. The van der Waals surface area contributed by atoms with Gasteiger partial charge < -0.3 is 10.8 Å². The largest absolute Gasteiger partial charge is 0.506 e. The normalized spacial score (nSPS) is 11.3. The van der Waals surface area contributed by atoms with Crippen molar-refractivity contribution < 1.29 is 13.5 Å². The highest BCUT2D eigenvalue weighted by molar-refractivity contribution is 7.92. The molecule has 5 nitrogen and oxygen atoms in total. The molecule has 2 aromatic carbocycles. The topological polar surface area (TPSA) is 92.4 Å². The predicted octanol–water partition coefficient (Wildman–Crippen LogP) is 3.08. The highest BCUT2D eigenvalue weighted by Crippen LogP contribution is 2.27. The Labute approximate surface area is 126 Å². The molecule has 0 saturated carbocycles. The van der Waals surface area contributed by atoms with E-state index in [2.05, 4.69) is 4.72 Å². The van der Waals surface area contributed by atoms with Crippen LogP contribution in [0, 0.1) is 0 Å². The van der Waals surface area contributed by atoms with Crippen LogP contribution in [0.15, 0.2) is 41.3 Å². The molecule has 0 aliphatic carbocycles. The van der Waals surface area contributed by atoms with E-state index in [1.165, 1.54) is 30.3 Å². The molecule has 0 heterocycles. The van der Waals surface area contributed by atoms with Gasteiger partial charge in [-0.3, -0.25) is 4.72 Å². The molecule has 2 aromatic rings. The number of phenolic OH excluding ortho intramolecular Hbond substituents is 1. The fourth-order valence-electron chi connectivity index (χ4n) is 1.53. The first kappa shape index (κ1) is 14.8. The first-order chi connectivity index (χ1) is 9.28. The maximum absolute atomic E-state index is 12.2. The monoisotopic (exact) mass is 332 g/mol. The third-order valence-electron chi connectivity index (χ3n) is 2.42. The Balaban J connectivity index is 2.37. The number of nitrogen functional groups attached to an aromatic ring is 1. The number of aromatic hydroxyl groups is 1. The summed E-state index contributed by atoms with van der Waals surface area (Å²) in [5.74, 6) is -0.185. The number of halogens is 2. The quantitative estimate of drug-likeness (QED) is 0.594. The molecule has 4 N–H and O–H groups in total. The SMILES string of the molecule is Nc1cc(S(=O)(=O)Nc2cc(Cl)cc(Cl)c2)ccc1O. The molecular weight excluding hydrogens is 323 g/mol. The molecule has 0 aromatic heterocycles. The Morgan fingerprint density at radius 3 is 2.20 bits per heavy atom. The molecule has 0 atom stereocenters. The van der Waals surface area contributed by atoms with E-state index < -0.39 is 10.0 Å².